The van der Waals surface area contributed by atoms with Gasteiger partial charge in [0.25, 0.3) is 5.91 Å². The van der Waals surface area contributed by atoms with Crippen molar-refractivity contribution in [3.05, 3.63) is 107 Å². The van der Waals surface area contributed by atoms with Crippen LogP contribution in [0.2, 0.25) is 0 Å². The Hall–Kier alpha value is -3.11. The number of amidine groups is 1. The fourth-order valence-electron chi connectivity index (χ4n) is 3.10. The number of nitrogens with zero attached hydrogens (tertiary/aromatic N) is 2. The summed E-state index contributed by atoms with van der Waals surface area (Å²) in [6, 6.07) is 28.2. The maximum absolute atomic E-state index is 13.1. The van der Waals surface area contributed by atoms with E-state index in [2.05, 4.69) is 19.1 Å². The van der Waals surface area contributed by atoms with Crippen molar-refractivity contribution in [1.29, 1.82) is 0 Å². The lowest BCUT2D eigenvalue weighted by Gasteiger charge is -2.15. The number of amides is 1. The molecule has 1 aliphatic heterocycles. The van der Waals surface area contributed by atoms with E-state index in [4.69, 9.17) is 4.99 Å². The summed E-state index contributed by atoms with van der Waals surface area (Å²) in [6.45, 7) is 2.66. The number of benzene rings is 3. The average Bonchev–Trinajstić information content (AvgIpc) is 3.04. The summed E-state index contributed by atoms with van der Waals surface area (Å²) in [5.41, 5.74) is 4.27. The fraction of sp³-hybridized carbons (Fsp3) is 0.120. The third-order valence-electron chi connectivity index (χ3n) is 4.71. The van der Waals surface area contributed by atoms with E-state index in [1.165, 1.54) is 22.9 Å². The second kappa shape index (κ2) is 8.93. The molecular formula is C25H22N2OS. The molecule has 0 atom stereocenters. The summed E-state index contributed by atoms with van der Waals surface area (Å²) in [7, 11) is 0. The van der Waals surface area contributed by atoms with Gasteiger partial charge < -0.3 is 0 Å². The fourth-order valence-corrected chi connectivity index (χ4v) is 4.13. The van der Waals surface area contributed by atoms with E-state index in [1.807, 2.05) is 78.9 Å². The molecule has 0 spiro atoms. The maximum Gasteiger partial charge on any atom is 0.266 e. The summed E-state index contributed by atoms with van der Waals surface area (Å²) >= 11 is 1.44. The Morgan fingerprint density at radius 2 is 1.55 bits per heavy atom. The molecule has 1 aliphatic rings. The molecule has 0 aliphatic carbocycles. The van der Waals surface area contributed by atoms with E-state index in [1.54, 1.807) is 4.90 Å². The Balaban J connectivity index is 1.63. The molecule has 0 N–H and O–H groups in total. The molecule has 0 unspecified atom stereocenters. The molecule has 1 fully saturated rings. The van der Waals surface area contributed by atoms with Gasteiger partial charge >= 0.3 is 0 Å². The minimum absolute atomic E-state index is 0.0145. The Morgan fingerprint density at radius 1 is 0.897 bits per heavy atom. The lowest BCUT2D eigenvalue weighted by molar-refractivity contribution is -0.122. The van der Waals surface area contributed by atoms with E-state index >= 15 is 0 Å². The molecule has 0 aromatic heterocycles. The van der Waals surface area contributed by atoms with Crippen LogP contribution in [-0.4, -0.2) is 22.5 Å². The van der Waals surface area contributed by atoms with E-state index in [-0.39, 0.29) is 5.91 Å². The molecule has 3 aromatic rings. The van der Waals surface area contributed by atoms with Gasteiger partial charge in [-0.25, -0.2) is 4.99 Å². The number of carbonyl (C=O) groups excluding carboxylic acids is 1. The topological polar surface area (TPSA) is 32.7 Å². The van der Waals surface area contributed by atoms with Gasteiger partial charge in [-0.2, -0.15) is 0 Å². The van der Waals surface area contributed by atoms with Crippen LogP contribution in [-0.2, 0) is 11.2 Å². The summed E-state index contributed by atoms with van der Waals surface area (Å²) in [5.74, 6) is 0.0145. The molecule has 3 aromatic carbocycles. The molecule has 0 radical (unpaired) electrons. The molecule has 1 amide bonds. The Kier molecular flexibility index (Phi) is 5.92. The first-order valence-corrected chi connectivity index (χ1v) is 10.5. The number of aryl methyl sites for hydroxylation is 1. The number of aliphatic imine (C=N–C) groups is 1. The smallest absolute Gasteiger partial charge is 0.266 e. The lowest BCUT2D eigenvalue weighted by atomic mass is 10.1. The zero-order chi connectivity index (χ0) is 20.1. The molecule has 4 rings (SSSR count). The Morgan fingerprint density at radius 3 is 2.24 bits per heavy atom. The van der Waals surface area contributed by atoms with Gasteiger partial charge in [0.1, 0.15) is 0 Å². The van der Waals surface area contributed by atoms with Crippen molar-refractivity contribution in [2.45, 2.75) is 13.3 Å². The quantitative estimate of drug-likeness (QED) is 0.506. The standard InChI is InChI=1S/C25H22N2OS/c1-19-12-14-22(15-13-19)26-25-27(17-16-20-8-4-2-5-9-20)24(28)23(29-25)18-21-10-6-3-7-11-21/h2-15,18H,16-17H2,1H3/b23-18+,26-25?. The number of rotatable bonds is 5. The first-order chi connectivity index (χ1) is 14.2. The second-order valence-corrected chi connectivity index (χ2v) is 7.95. The van der Waals surface area contributed by atoms with Crippen molar-refractivity contribution in [3.8, 4) is 0 Å². The van der Waals surface area contributed by atoms with E-state index in [0.29, 0.717) is 11.4 Å². The van der Waals surface area contributed by atoms with Crippen molar-refractivity contribution in [2.75, 3.05) is 6.54 Å². The zero-order valence-corrected chi connectivity index (χ0v) is 17.1. The largest absolute Gasteiger partial charge is 0.286 e. The van der Waals surface area contributed by atoms with Crippen LogP contribution in [0.25, 0.3) is 6.08 Å². The van der Waals surface area contributed by atoms with Crippen LogP contribution in [0.1, 0.15) is 16.7 Å². The first-order valence-electron chi connectivity index (χ1n) is 9.65. The number of thioether (sulfide) groups is 1. The highest BCUT2D eigenvalue weighted by atomic mass is 32.2. The summed E-state index contributed by atoms with van der Waals surface area (Å²) in [6.07, 6.45) is 2.73. The van der Waals surface area contributed by atoms with Crippen LogP contribution >= 0.6 is 11.8 Å². The van der Waals surface area contributed by atoms with Crippen molar-refractivity contribution >= 4 is 34.6 Å². The highest BCUT2D eigenvalue weighted by Crippen LogP contribution is 2.34. The minimum atomic E-state index is 0.0145. The first kappa shape index (κ1) is 19.2. The minimum Gasteiger partial charge on any atom is -0.286 e. The van der Waals surface area contributed by atoms with E-state index in [0.717, 1.165) is 22.8 Å². The van der Waals surface area contributed by atoms with Crippen LogP contribution in [0.15, 0.2) is 94.8 Å². The Bertz CT molecular complexity index is 1040. The summed E-state index contributed by atoms with van der Waals surface area (Å²) in [5, 5.41) is 0.733. The van der Waals surface area contributed by atoms with Crippen LogP contribution < -0.4 is 0 Å². The van der Waals surface area contributed by atoms with Gasteiger partial charge in [-0.3, -0.25) is 9.69 Å². The normalized spacial score (nSPS) is 16.7. The third kappa shape index (κ3) is 4.84. The van der Waals surface area contributed by atoms with Gasteiger partial charge in [0, 0.05) is 6.54 Å². The van der Waals surface area contributed by atoms with Gasteiger partial charge in [0.15, 0.2) is 5.17 Å². The van der Waals surface area contributed by atoms with E-state index in [9.17, 15) is 4.79 Å². The highest BCUT2D eigenvalue weighted by molar-refractivity contribution is 8.18. The van der Waals surface area contributed by atoms with Crippen LogP contribution in [0.5, 0.6) is 0 Å². The predicted octanol–water partition coefficient (Wildman–Crippen LogP) is 5.84. The van der Waals surface area contributed by atoms with E-state index < -0.39 is 0 Å². The maximum atomic E-state index is 13.1. The number of hydrogen-bond acceptors (Lipinski definition) is 3. The monoisotopic (exact) mass is 398 g/mol. The molecule has 3 nitrogen and oxygen atoms in total. The number of hydrogen-bond donors (Lipinski definition) is 0. The SMILES string of the molecule is Cc1ccc(N=C2S/C(=C/c3ccccc3)C(=O)N2CCc2ccccc2)cc1. The second-order valence-electron chi connectivity index (χ2n) is 6.94. The predicted molar refractivity (Wildman–Crippen MR) is 122 cm³/mol. The van der Waals surface area contributed by atoms with Gasteiger partial charge in [-0.05, 0) is 54.4 Å². The highest BCUT2D eigenvalue weighted by Gasteiger charge is 2.33. The molecule has 0 bridgehead atoms. The molecule has 1 heterocycles. The summed E-state index contributed by atoms with van der Waals surface area (Å²) in [4.78, 5) is 20.4. The van der Waals surface area contributed by atoms with Crippen molar-refractivity contribution < 1.29 is 4.79 Å². The van der Waals surface area contributed by atoms with Crippen molar-refractivity contribution in [1.82, 2.24) is 4.90 Å². The van der Waals surface area contributed by atoms with Crippen molar-refractivity contribution in [3.63, 3.8) is 0 Å². The van der Waals surface area contributed by atoms with Gasteiger partial charge in [0.05, 0.1) is 10.6 Å². The summed E-state index contributed by atoms with van der Waals surface area (Å²) < 4.78 is 0. The molecule has 144 valence electrons. The molecule has 29 heavy (non-hydrogen) atoms. The molecule has 1 saturated heterocycles. The van der Waals surface area contributed by atoms with Gasteiger partial charge in [-0.15, -0.1) is 0 Å². The molecular weight excluding hydrogens is 376 g/mol. The zero-order valence-electron chi connectivity index (χ0n) is 16.3. The van der Waals surface area contributed by atoms with Gasteiger partial charge in [-0.1, -0.05) is 78.4 Å². The molecule has 0 saturated carbocycles. The van der Waals surface area contributed by atoms with Gasteiger partial charge in [0.2, 0.25) is 0 Å². The van der Waals surface area contributed by atoms with Crippen LogP contribution in [0, 0.1) is 6.92 Å². The third-order valence-corrected chi connectivity index (χ3v) is 5.72. The van der Waals surface area contributed by atoms with Crippen LogP contribution in [0.3, 0.4) is 0 Å². The van der Waals surface area contributed by atoms with Crippen molar-refractivity contribution in [2.24, 2.45) is 4.99 Å². The number of carbonyl (C=O) groups is 1. The van der Waals surface area contributed by atoms with Crippen LogP contribution in [0.4, 0.5) is 5.69 Å². The average molecular weight is 399 g/mol. The lowest BCUT2D eigenvalue weighted by Crippen LogP contribution is -2.31. The Labute approximate surface area is 175 Å². The molecule has 4 heteroatoms.